The summed E-state index contributed by atoms with van der Waals surface area (Å²) in [7, 11) is 3.53. The first kappa shape index (κ1) is 15.1. The monoisotopic (exact) mass is 257 g/mol. The van der Waals surface area contributed by atoms with Gasteiger partial charge in [0.15, 0.2) is 0 Å². The van der Waals surface area contributed by atoms with Gasteiger partial charge in [0.25, 0.3) is 0 Å². The van der Waals surface area contributed by atoms with Gasteiger partial charge in [-0.3, -0.25) is 0 Å². The molecule has 1 aromatic carbocycles. The highest BCUT2D eigenvalue weighted by Crippen LogP contribution is 2.14. The smallest absolute Gasteiger partial charge is 0.126 e. The molecule has 0 saturated carbocycles. The van der Waals surface area contributed by atoms with Crippen molar-refractivity contribution in [3.05, 3.63) is 35.4 Å². The van der Waals surface area contributed by atoms with Crippen LogP contribution in [-0.2, 0) is 11.2 Å². The van der Waals surface area contributed by atoms with Crippen LogP contribution >= 0.6 is 0 Å². The number of rotatable bonds is 7. The largest absolute Gasteiger partial charge is 0.384 e. The Kier molecular flexibility index (Phi) is 6.22. The normalized spacial score (nSPS) is 14.5. The average molecular weight is 257 g/mol. The van der Waals surface area contributed by atoms with Crippen molar-refractivity contribution in [1.29, 1.82) is 0 Å². The molecule has 0 aromatic heterocycles. The Balaban J connectivity index is 2.61. The number of halogens is 2. The highest BCUT2D eigenvalue weighted by molar-refractivity contribution is 5.19. The van der Waals surface area contributed by atoms with Crippen LogP contribution in [0.4, 0.5) is 8.78 Å². The number of nitrogens with one attached hydrogen (secondary N) is 1. The molecule has 0 bridgehead atoms. The van der Waals surface area contributed by atoms with Crippen molar-refractivity contribution in [2.75, 3.05) is 20.8 Å². The first-order valence-corrected chi connectivity index (χ1v) is 6.16. The zero-order valence-corrected chi connectivity index (χ0v) is 11.2. The Morgan fingerprint density at radius 2 is 1.83 bits per heavy atom. The molecule has 1 N–H and O–H groups in total. The summed E-state index contributed by atoms with van der Waals surface area (Å²) in [6.45, 7) is 2.79. The van der Waals surface area contributed by atoms with Crippen LogP contribution in [0.25, 0.3) is 0 Å². The third-order valence-corrected chi connectivity index (χ3v) is 2.95. The van der Waals surface area contributed by atoms with Crippen LogP contribution in [0.3, 0.4) is 0 Å². The lowest BCUT2D eigenvalue weighted by atomic mass is 9.96. The van der Waals surface area contributed by atoms with Crippen LogP contribution in [-0.4, -0.2) is 26.8 Å². The minimum atomic E-state index is -0.523. The number of likely N-dealkylation sites (N-methyl/N-ethyl adjacent to an activating group) is 1. The van der Waals surface area contributed by atoms with E-state index in [0.29, 0.717) is 24.5 Å². The summed E-state index contributed by atoms with van der Waals surface area (Å²) in [6.07, 6.45) is 1.52. The molecule has 0 heterocycles. The predicted octanol–water partition coefficient (Wildman–Crippen LogP) is 2.77. The molecule has 0 aliphatic rings. The summed E-state index contributed by atoms with van der Waals surface area (Å²) in [4.78, 5) is 0. The van der Waals surface area contributed by atoms with Crippen LogP contribution < -0.4 is 5.32 Å². The molecule has 1 aromatic rings. The van der Waals surface area contributed by atoms with Crippen molar-refractivity contribution in [1.82, 2.24) is 5.32 Å². The molecule has 2 atom stereocenters. The third-order valence-electron chi connectivity index (χ3n) is 2.95. The van der Waals surface area contributed by atoms with Gasteiger partial charge in [0.1, 0.15) is 11.6 Å². The summed E-state index contributed by atoms with van der Waals surface area (Å²) in [5.74, 6) is -0.638. The van der Waals surface area contributed by atoms with E-state index in [1.54, 1.807) is 7.11 Å². The van der Waals surface area contributed by atoms with E-state index in [-0.39, 0.29) is 6.04 Å². The van der Waals surface area contributed by atoms with E-state index in [9.17, 15) is 8.78 Å². The lowest BCUT2D eigenvalue weighted by molar-refractivity contribution is 0.150. The maximum absolute atomic E-state index is 13.1. The standard InChI is InChI=1S/C14H21F2NO/c1-10(9-18-3)4-14(17-2)7-11-5-12(15)8-13(16)6-11/h5-6,8,10,14,17H,4,7,9H2,1-3H3. The Hall–Kier alpha value is -1.00. The Morgan fingerprint density at radius 1 is 1.22 bits per heavy atom. The SMILES string of the molecule is CNC(Cc1cc(F)cc(F)c1)CC(C)COC. The van der Waals surface area contributed by atoms with Gasteiger partial charge >= 0.3 is 0 Å². The summed E-state index contributed by atoms with van der Waals surface area (Å²) < 4.78 is 31.3. The van der Waals surface area contributed by atoms with Gasteiger partial charge in [-0.25, -0.2) is 8.78 Å². The van der Waals surface area contributed by atoms with Gasteiger partial charge in [-0.1, -0.05) is 6.92 Å². The van der Waals surface area contributed by atoms with E-state index in [0.717, 1.165) is 12.5 Å². The van der Waals surface area contributed by atoms with Crippen LogP contribution in [0.2, 0.25) is 0 Å². The Bertz CT molecular complexity index is 351. The molecule has 0 aliphatic carbocycles. The van der Waals surface area contributed by atoms with Crippen LogP contribution in [0.15, 0.2) is 18.2 Å². The minimum Gasteiger partial charge on any atom is -0.384 e. The van der Waals surface area contributed by atoms with Crippen molar-refractivity contribution in [2.24, 2.45) is 5.92 Å². The average Bonchev–Trinajstić information content (AvgIpc) is 2.27. The molecule has 4 heteroatoms. The maximum atomic E-state index is 13.1. The number of hydrogen-bond donors (Lipinski definition) is 1. The summed E-state index contributed by atoms with van der Waals surface area (Å²) in [5.41, 5.74) is 0.677. The second-order valence-electron chi connectivity index (χ2n) is 4.76. The quantitative estimate of drug-likeness (QED) is 0.811. The molecule has 0 saturated heterocycles. The second-order valence-corrected chi connectivity index (χ2v) is 4.76. The minimum absolute atomic E-state index is 0.191. The molecular formula is C14H21F2NO. The second kappa shape index (κ2) is 7.44. The Labute approximate surface area is 107 Å². The van der Waals surface area contributed by atoms with Crippen molar-refractivity contribution < 1.29 is 13.5 Å². The highest BCUT2D eigenvalue weighted by atomic mass is 19.1. The number of methoxy groups -OCH3 is 1. The van der Waals surface area contributed by atoms with Crippen molar-refractivity contribution in [2.45, 2.75) is 25.8 Å². The van der Waals surface area contributed by atoms with Gasteiger partial charge < -0.3 is 10.1 Å². The van der Waals surface area contributed by atoms with E-state index < -0.39 is 11.6 Å². The topological polar surface area (TPSA) is 21.3 Å². The van der Waals surface area contributed by atoms with E-state index in [4.69, 9.17) is 4.74 Å². The first-order valence-electron chi connectivity index (χ1n) is 6.16. The van der Waals surface area contributed by atoms with Gasteiger partial charge in [0.2, 0.25) is 0 Å². The molecule has 2 unspecified atom stereocenters. The summed E-state index contributed by atoms with van der Waals surface area (Å²) >= 11 is 0. The Morgan fingerprint density at radius 3 is 2.33 bits per heavy atom. The molecule has 0 spiro atoms. The molecular weight excluding hydrogens is 236 g/mol. The van der Waals surface area contributed by atoms with E-state index >= 15 is 0 Å². The lowest BCUT2D eigenvalue weighted by Gasteiger charge is -2.20. The van der Waals surface area contributed by atoms with Crippen molar-refractivity contribution in [3.63, 3.8) is 0 Å². The van der Waals surface area contributed by atoms with E-state index in [1.807, 2.05) is 7.05 Å². The molecule has 0 amide bonds. The van der Waals surface area contributed by atoms with Gasteiger partial charge in [0.05, 0.1) is 0 Å². The van der Waals surface area contributed by atoms with Crippen molar-refractivity contribution >= 4 is 0 Å². The molecule has 18 heavy (non-hydrogen) atoms. The maximum Gasteiger partial charge on any atom is 0.126 e. The lowest BCUT2D eigenvalue weighted by Crippen LogP contribution is -2.30. The zero-order chi connectivity index (χ0) is 13.5. The van der Waals surface area contributed by atoms with Gasteiger partial charge in [0, 0.05) is 25.8 Å². The van der Waals surface area contributed by atoms with Gasteiger partial charge in [-0.15, -0.1) is 0 Å². The third kappa shape index (κ3) is 5.10. The fourth-order valence-electron chi connectivity index (χ4n) is 2.15. The number of hydrogen-bond acceptors (Lipinski definition) is 2. The molecule has 0 fully saturated rings. The van der Waals surface area contributed by atoms with E-state index in [1.165, 1.54) is 12.1 Å². The molecule has 102 valence electrons. The van der Waals surface area contributed by atoms with E-state index in [2.05, 4.69) is 12.2 Å². The fraction of sp³-hybridized carbons (Fsp3) is 0.571. The summed E-state index contributed by atoms with van der Waals surface area (Å²) in [6, 6.07) is 3.85. The van der Waals surface area contributed by atoms with Gasteiger partial charge in [-0.2, -0.15) is 0 Å². The van der Waals surface area contributed by atoms with Crippen molar-refractivity contribution in [3.8, 4) is 0 Å². The first-order chi connectivity index (χ1) is 8.55. The van der Waals surface area contributed by atoms with Crippen LogP contribution in [0.5, 0.6) is 0 Å². The predicted molar refractivity (Wildman–Crippen MR) is 68.6 cm³/mol. The zero-order valence-electron chi connectivity index (χ0n) is 11.2. The highest BCUT2D eigenvalue weighted by Gasteiger charge is 2.13. The molecule has 1 rings (SSSR count). The number of benzene rings is 1. The van der Waals surface area contributed by atoms with Crippen LogP contribution in [0, 0.1) is 17.6 Å². The molecule has 0 aliphatic heterocycles. The fourth-order valence-corrected chi connectivity index (χ4v) is 2.15. The summed E-state index contributed by atoms with van der Waals surface area (Å²) in [5, 5.41) is 3.18. The molecule has 0 radical (unpaired) electrons. The number of ether oxygens (including phenoxy) is 1. The molecule has 2 nitrogen and oxygen atoms in total. The van der Waals surface area contributed by atoms with Gasteiger partial charge in [-0.05, 0) is 43.5 Å². The van der Waals surface area contributed by atoms with Crippen LogP contribution in [0.1, 0.15) is 18.9 Å².